The molecule has 5 nitrogen and oxygen atoms in total. The van der Waals surface area contributed by atoms with Gasteiger partial charge < -0.3 is 9.40 Å². The standard InChI is InChI=1S/C19H13BrN4OS/c1-10-21-17-12-8-11(20)6-7-15(12)25-18(17)19(22-10)26-9-16-23-13-4-2-3-5-14(13)24-16/h2-8H,9H2,1H3,(H,23,24). The number of aromatic amines is 1. The van der Waals surface area contributed by atoms with Gasteiger partial charge in [-0.05, 0) is 37.3 Å². The van der Waals surface area contributed by atoms with Gasteiger partial charge in [0.25, 0.3) is 0 Å². The van der Waals surface area contributed by atoms with Crippen LogP contribution in [0, 0.1) is 6.92 Å². The van der Waals surface area contributed by atoms with Gasteiger partial charge in [-0.1, -0.05) is 39.8 Å². The Kier molecular flexibility index (Phi) is 3.72. The Morgan fingerprint density at radius 2 is 2.00 bits per heavy atom. The molecule has 0 amide bonds. The van der Waals surface area contributed by atoms with E-state index in [0.29, 0.717) is 5.75 Å². The van der Waals surface area contributed by atoms with Crippen LogP contribution in [-0.2, 0) is 5.75 Å². The van der Waals surface area contributed by atoms with Crippen LogP contribution in [0.2, 0.25) is 0 Å². The van der Waals surface area contributed by atoms with Crippen LogP contribution in [0.3, 0.4) is 0 Å². The average molecular weight is 425 g/mol. The Labute approximate surface area is 161 Å². The molecule has 0 bridgehead atoms. The van der Waals surface area contributed by atoms with Gasteiger partial charge in [-0.15, -0.1) is 0 Å². The number of fused-ring (bicyclic) bond motifs is 4. The Hall–Kier alpha value is -2.38. The SMILES string of the molecule is Cc1nc(SCc2nc3ccccc3[nH]2)c2oc3ccc(Br)cc3c2n1. The first-order valence-electron chi connectivity index (χ1n) is 8.10. The predicted molar refractivity (Wildman–Crippen MR) is 107 cm³/mol. The number of nitrogens with one attached hydrogen (secondary N) is 1. The van der Waals surface area contributed by atoms with Crippen molar-refractivity contribution in [3.63, 3.8) is 0 Å². The second-order valence-electron chi connectivity index (χ2n) is 5.99. The van der Waals surface area contributed by atoms with E-state index in [1.807, 2.05) is 49.4 Å². The molecular weight excluding hydrogens is 412 g/mol. The van der Waals surface area contributed by atoms with Gasteiger partial charge in [0, 0.05) is 9.86 Å². The number of aryl methyl sites for hydroxylation is 1. The summed E-state index contributed by atoms with van der Waals surface area (Å²) < 4.78 is 7.04. The van der Waals surface area contributed by atoms with Gasteiger partial charge in [0.15, 0.2) is 5.58 Å². The smallest absolute Gasteiger partial charge is 0.186 e. The first-order chi connectivity index (χ1) is 12.7. The van der Waals surface area contributed by atoms with E-state index in [4.69, 9.17) is 4.42 Å². The first kappa shape index (κ1) is 15.8. The number of H-pyrrole nitrogens is 1. The van der Waals surface area contributed by atoms with E-state index in [1.165, 1.54) is 0 Å². The highest BCUT2D eigenvalue weighted by atomic mass is 79.9. The summed E-state index contributed by atoms with van der Waals surface area (Å²) in [5.41, 5.74) is 4.40. The molecule has 2 aromatic carbocycles. The Morgan fingerprint density at radius 1 is 1.12 bits per heavy atom. The number of furan rings is 1. The van der Waals surface area contributed by atoms with E-state index < -0.39 is 0 Å². The molecule has 0 saturated carbocycles. The molecule has 0 atom stereocenters. The van der Waals surface area contributed by atoms with Crippen molar-refractivity contribution in [2.75, 3.05) is 0 Å². The number of thioether (sulfide) groups is 1. The second-order valence-corrected chi connectivity index (χ2v) is 7.87. The van der Waals surface area contributed by atoms with Gasteiger partial charge in [-0.2, -0.15) is 0 Å². The molecule has 7 heteroatoms. The summed E-state index contributed by atoms with van der Waals surface area (Å²) in [6.07, 6.45) is 0. The average Bonchev–Trinajstić information content (AvgIpc) is 3.20. The Balaban J connectivity index is 1.56. The Morgan fingerprint density at radius 3 is 2.88 bits per heavy atom. The van der Waals surface area contributed by atoms with Crippen LogP contribution in [0.5, 0.6) is 0 Å². The third-order valence-electron chi connectivity index (χ3n) is 4.14. The summed E-state index contributed by atoms with van der Waals surface area (Å²) in [6, 6.07) is 14.0. The number of nitrogens with zero attached hydrogens (tertiary/aromatic N) is 3. The number of halogens is 1. The van der Waals surface area contributed by atoms with Crippen molar-refractivity contribution in [1.29, 1.82) is 0 Å². The highest BCUT2D eigenvalue weighted by Gasteiger charge is 2.16. The largest absolute Gasteiger partial charge is 0.451 e. The molecule has 5 rings (SSSR count). The highest BCUT2D eigenvalue weighted by Crippen LogP contribution is 2.35. The van der Waals surface area contributed by atoms with E-state index >= 15 is 0 Å². The van der Waals surface area contributed by atoms with Crippen LogP contribution >= 0.6 is 27.7 Å². The van der Waals surface area contributed by atoms with Crippen LogP contribution in [-0.4, -0.2) is 19.9 Å². The lowest BCUT2D eigenvalue weighted by Gasteiger charge is -2.01. The quantitative estimate of drug-likeness (QED) is 0.300. The number of benzene rings is 2. The summed E-state index contributed by atoms with van der Waals surface area (Å²) >= 11 is 5.12. The zero-order chi connectivity index (χ0) is 17.7. The lowest BCUT2D eigenvalue weighted by atomic mass is 10.2. The van der Waals surface area contributed by atoms with Gasteiger partial charge in [0.2, 0.25) is 0 Å². The molecule has 5 aromatic rings. The summed E-state index contributed by atoms with van der Waals surface area (Å²) in [7, 11) is 0. The van der Waals surface area contributed by atoms with E-state index in [9.17, 15) is 0 Å². The molecule has 0 saturated heterocycles. The summed E-state index contributed by atoms with van der Waals surface area (Å²) in [6.45, 7) is 1.90. The predicted octanol–water partition coefficient (Wildman–Crippen LogP) is 5.62. The molecular formula is C19H13BrN4OS. The summed E-state index contributed by atoms with van der Waals surface area (Å²) in [5.74, 6) is 2.33. The number of imidazole rings is 1. The van der Waals surface area contributed by atoms with Crippen molar-refractivity contribution in [2.45, 2.75) is 17.7 Å². The molecule has 0 spiro atoms. The van der Waals surface area contributed by atoms with Crippen LogP contribution in [0.1, 0.15) is 11.6 Å². The van der Waals surface area contributed by atoms with E-state index in [2.05, 4.69) is 35.9 Å². The normalized spacial score (nSPS) is 11.8. The monoisotopic (exact) mass is 424 g/mol. The van der Waals surface area contributed by atoms with E-state index in [1.54, 1.807) is 11.8 Å². The second kappa shape index (κ2) is 6.10. The molecule has 128 valence electrons. The van der Waals surface area contributed by atoms with Crippen LogP contribution in [0.4, 0.5) is 0 Å². The minimum atomic E-state index is 0.682. The number of aromatic nitrogens is 4. The third kappa shape index (κ3) is 2.68. The van der Waals surface area contributed by atoms with E-state index in [-0.39, 0.29) is 0 Å². The summed E-state index contributed by atoms with van der Waals surface area (Å²) in [5, 5.41) is 1.82. The number of rotatable bonds is 3. The van der Waals surface area contributed by atoms with Crippen molar-refractivity contribution in [3.05, 3.63) is 58.6 Å². The lowest BCUT2D eigenvalue weighted by Crippen LogP contribution is -1.92. The zero-order valence-corrected chi connectivity index (χ0v) is 16.2. The molecule has 0 aliphatic heterocycles. The number of hydrogen-bond donors (Lipinski definition) is 1. The van der Waals surface area contributed by atoms with Crippen molar-refractivity contribution >= 4 is 60.8 Å². The first-order valence-corrected chi connectivity index (χ1v) is 9.88. The van der Waals surface area contributed by atoms with Crippen LogP contribution in [0.15, 0.2) is 56.4 Å². The number of para-hydroxylation sites is 2. The zero-order valence-electron chi connectivity index (χ0n) is 13.8. The molecule has 3 heterocycles. The van der Waals surface area contributed by atoms with Gasteiger partial charge >= 0.3 is 0 Å². The van der Waals surface area contributed by atoms with E-state index in [0.717, 1.165) is 54.2 Å². The van der Waals surface area contributed by atoms with Crippen LogP contribution in [0.25, 0.3) is 33.1 Å². The van der Waals surface area contributed by atoms with Gasteiger partial charge in [-0.3, -0.25) is 0 Å². The fraction of sp³-hybridized carbons (Fsp3) is 0.105. The maximum Gasteiger partial charge on any atom is 0.186 e. The van der Waals surface area contributed by atoms with Gasteiger partial charge in [0.1, 0.15) is 27.8 Å². The van der Waals surface area contributed by atoms with Crippen LogP contribution < -0.4 is 0 Å². The molecule has 0 fully saturated rings. The van der Waals surface area contributed by atoms with Crippen molar-refractivity contribution < 1.29 is 4.42 Å². The molecule has 3 aromatic heterocycles. The molecule has 0 unspecified atom stereocenters. The lowest BCUT2D eigenvalue weighted by molar-refractivity contribution is 0.652. The fourth-order valence-corrected chi connectivity index (χ4v) is 4.24. The van der Waals surface area contributed by atoms with Gasteiger partial charge in [0.05, 0.1) is 16.8 Å². The minimum Gasteiger partial charge on any atom is -0.451 e. The van der Waals surface area contributed by atoms with Crippen molar-refractivity contribution in [2.24, 2.45) is 0 Å². The topological polar surface area (TPSA) is 67.6 Å². The molecule has 0 aliphatic rings. The Bertz CT molecular complexity index is 1240. The third-order valence-corrected chi connectivity index (χ3v) is 5.60. The fourth-order valence-electron chi connectivity index (χ4n) is 3.01. The highest BCUT2D eigenvalue weighted by molar-refractivity contribution is 9.10. The molecule has 1 N–H and O–H groups in total. The summed E-state index contributed by atoms with van der Waals surface area (Å²) in [4.78, 5) is 17.2. The maximum atomic E-state index is 6.04. The van der Waals surface area contributed by atoms with Crippen molar-refractivity contribution in [3.8, 4) is 0 Å². The minimum absolute atomic E-state index is 0.682. The van der Waals surface area contributed by atoms with Gasteiger partial charge in [-0.25, -0.2) is 15.0 Å². The van der Waals surface area contributed by atoms with Crippen molar-refractivity contribution in [1.82, 2.24) is 19.9 Å². The number of hydrogen-bond acceptors (Lipinski definition) is 5. The maximum absolute atomic E-state index is 6.04. The molecule has 0 aliphatic carbocycles. The molecule has 26 heavy (non-hydrogen) atoms. The molecule has 0 radical (unpaired) electrons.